The number of aryl methyl sites for hydroxylation is 2. The first kappa shape index (κ1) is 14.8. The van der Waals surface area contributed by atoms with Gasteiger partial charge in [-0.1, -0.05) is 17.7 Å². The zero-order valence-corrected chi connectivity index (χ0v) is 12.1. The van der Waals surface area contributed by atoms with Crippen LogP contribution in [0.1, 0.15) is 34.6 Å². The lowest BCUT2D eigenvalue weighted by Gasteiger charge is -2.13. The predicted molar refractivity (Wildman–Crippen MR) is 78.4 cm³/mol. The Morgan fingerprint density at radius 3 is 2.62 bits per heavy atom. The van der Waals surface area contributed by atoms with Crippen LogP contribution in [0.5, 0.6) is 0 Å². The summed E-state index contributed by atoms with van der Waals surface area (Å²) in [4.78, 5) is 23.3. The molecule has 0 spiro atoms. The molecule has 0 aliphatic heterocycles. The molecule has 2 aromatic rings. The van der Waals surface area contributed by atoms with Crippen molar-refractivity contribution in [3.63, 3.8) is 0 Å². The van der Waals surface area contributed by atoms with Gasteiger partial charge in [0.2, 0.25) is 0 Å². The van der Waals surface area contributed by atoms with Crippen molar-refractivity contribution >= 4 is 17.6 Å². The number of benzene rings is 1. The second kappa shape index (κ2) is 5.78. The molecular weight excluding hydrogens is 270 g/mol. The minimum Gasteiger partial charge on any atom is -0.480 e. The minimum absolute atomic E-state index is 0.213. The highest BCUT2D eigenvalue weighted by molar-refractivity contribution is 6.03. The van der Waals surface area contributed by atoms with Crippen molar-refractivity contribution < 1.29 is 14.7 Å². The molecule has 1 amide bonds. The van der Waals surface area contributed by atoms with Crippen LogP contribution in [0, 0.1) is 13.8 Å². The summed E-state index contributed by atoms with van der Waals surface area (Å²) in [5.74, 6) is -1.42. The Morgan fingerprint density at radius 1 is 1.29 bits per heavy atom. The number of nitrogens with one attached hydrogen (secondary N) is 1. The van der Waals surface area contributed by atoms with E-state index < -0.39 is 12.0 Å². The van der Waals surface area contributed by atoms with Crippen molar-refractivity contribution in [3.8, 4) is 0 Å². The van der Waals surface area contributed by atoms with Gasteiger partial charge in [-0.05, 0) is 38.5 Å². The van der Waals surface area contributed by atoms with Crippen LogP contribution in [-0.2, 0) is 4.79 Å². The minimum atomic E-state index is -1.04. The van der Waals surface area contributed by atoms with E-state index >= 15 is 0 Å². The predicted octanol–water partition coefficient (Wildman–Crippen LogP) is 2.40. The number of anilines is 1. The van der Waals surface area contributed by atoms with E-state index in [0.717, 1.165) is 11.1 Å². The molecule has 6 nitrogen and oxygen atoms in total. The third kappa shape index (κ3) is 3.10. The lowest BCUT2D eigenvalue weighted by molar-refractivity contribution is -0.140. The maximum absolute atomic E-state index is 12.3. The molecule has 2 N–H and O–H groups in total. The van der Waals surface area contributed by atoms with Crippen molar-refractivity contribution in [1.29, 1.82) is 0 Å². The molecule has 0 saturated heterocycles. The van der Waals surface area contributed by atoms with Crippen LogP contribution in [0.25, 0.3) is 0 Å². The van der Waals surface area contributed by atoms with Gasteiger partial charge in [0.25, 0.3) is 5.91 Å². The van der Waals surface area contributed by atoms with Crippen molar-refractivity contribution in [2.24, 2.45) is 0 Å². The number of aromatic nitrogens is 2. The number of amides is 1. The van der Waals surface area contributed by atoms with Crippen molar-refractivity contribution in [2.75, 3.05) is 5.32 Å². The van der Waals surface area contributed by atoms with Gasteiger partial charge in [0.05, 0.1) is 0 Å². The normalized spacial score (nSPS) is 12.0. The molecule has 110 valence electrons. The summed E-state index contributed by atoms with van der Waals surface area (Å²) in [7, 11) is 0. The molecule has 0 radical (unpaired) electrons. The number of hydrogen-bond acceptors (Lipinski definition) is 3. The topological polar surface area (TPSA) is 84.2 Å². The summed E-state index contributed by atoms with van der Waals surface area (Å²) < 4.78 is 1.20. The average Bonchev–Trinajstić information content (AvgIpc) is 2.90. The summed E-state index contributed by atoms with van der Waals surface area (Å²) >= 11 is 0. The summed E-state index contributed by atoms with van der Waals surface area (Å²) in [6, 6.07) is 6.29. The molecule has 6 heteroatoms. The maximum Gasteiger partial charge on any atom is 0.328 e. The van der Waals surface area contributed by atoms with Crippen LogP contribution < -0.4 is 5.32 Å². The Labute approximate surface area is 122 Å². The third-order valence-electron chi connectivity index (χ3n) is 3.26. The monoisotopic (exact) mass is 287 g/mol. The molecule has 21 heavy (non-hydrogen) atoms. The number of carbonyl (C=O) groups is 2. The molecular formula is C15H17N3O3. The molecule has 1 atom stereocenters. The summed E-state index contributed by atoms with van der Waals surface area (Å²) in [6.07, 6.45) is 1.41. The molecule has 0 aliphatic carbocycles. The number of carboxylic acid groups (broad SMARTS) is 1. The van der Waals surface area contributed by atoms with Crippen LogP contribution in [0.4, 0.5) is 5.69 Å². The highest BCUT2D eigenvalue weighted by Gasteiger charge is 2.21. The zero-order valence-electron chi connectivity index (χ0n) is 12.1. The molecule has 1 unspecified atom stereocenters. The van der Waals surface area contributed by atoms with Crippen molar-refractivity contribution in [1.82, 2.24) is 9.78 Å². The van der Waals surface area contributed by atoms with Crippen LogP contribution in [0.15, 0.2) is 30.5 Å². The molecule has 1 aromatic carbocycles. The van der Waals surface area contributed by atoms with Crippen LogP contribution in [0.2, 0.25) is 0 Å². The van der Waals surface area contributed by atoms with Crippen LogP contribution in [-0.4, -0.2) is 26.8 Å². The molecule has 0 fully saturated rings. The van der Waals surface area contributed by atoms with Crippen LogP contribution >= 0.6 is 0 Å². The Kier molecular flexibility index (Phi) is 4.07. The highest BCUT2D eigenvalue weighted by atomic mass is 16.4. The first-order chi connectivity index (χ1) is 9.90. The van der Waals surface area contributed by atoms with E-state index in [9.17, 15) is 9.59 Å². The van der Waals surface area contributed by atoms with E-state index in [1.807, 2.05) is 32.0 Å². The van der Waals surface area contributed by atoms with Gasteiger partial charge in [-0.25, -0.2) is 9.48 Å². The Bertz CT molecular complexity index is 691. The quantitative estimate of drug-likeness (QED) is 0.904. The van der Waals surface area contributed by atoms with E-state index in [-0.39, 0.29) is 11.6 Å². The van der Waals surface area contributed by atoms with Gasteiger partial charge in [-0.15, -0.1) is 0 Å². The molecule has 1 aromatic heterocycles. The molecule has 0 aliphatic rings. The number of carboxylic acids is 1. The number of carbonyl (C=O) groups excluding carboxylic acids is 1. The average molecular weight is 287 g/mol. The number of rotatable bonds is 4. The van der Waals surface area contributed by atoms with Gasteiger partial charge in [0.1, 0.15) is 11.7 Å². The molecule has 1 heterocycles. The number of hydrogen-bond donors (Lipinski definition) is 2. The second-order valence-corrected chi connectivity index (χ2v) is 4.95. The van der Waals surface area contributed by atoms with Gasteiger partial charge in [-0.2, -0.15) is 5.10 Å². The number of nitrogens with zero attached hydrogens (tertiary/aromatic N) is 2. The van der Waals surface area contributed by atoms with Crippen molar-refractivity contribution in [2.45, 2.75) is 26.8 Å². The molecule has 0 bridgehead atoms. The van der Waals surface area contributed by atoms with E-state index in [1.54, 1.807) is 0 Å². The fourth-order valence-electron chi connectivity index (χ4n) is 2.05. The number of aliphatic carboxylic acids is 1. The first-order valence-corrected chi connectivity index (χ1v) is 6.55. The SMILES string of the molecule is Cc1ccc(NC(=O)c2ccnn2C(C)C(=O)O)c(C)c1. The van der Waals surface area contributed by atoms with Gasteiger partial charge in [0, 0.05) is 11.9 Å². The lowest BCUT2D eigenvalue weighted by Crippen LogP contribution is -2.24. The molecule has 2 rings (SSSR count). The zero-order chi connectivity index (χ0) is 15.6. The second-order valence-electron chi connectivity index (χ2n) is 4.95. The fraction of sp³-hybridized carbons (Fsp3) is 0.267. The van der Waals surface area contributed by atoms with E-state index in [2.05, 4.69) is 10.4 Å². The lowest BCUT2D eigenvalue weighted by atomic mass is 10.1. The van der Waals surface area contributed by atoms with E-state index in [0.29, 0.717) is 5.69 Å². The van der Waals surface area contributed by atoms with E-state index in [1.165, 1.54) is 23.9 Å². The Hall–Kier alpha value is -2.63. The van der Waals surface area contributed by atoms with Crippen molar-refractivity contribution in [3.05, 3.63) is 47.3 Å². The Balaban J connectivity index is 2.25. The summed E-state index contributed by atoms with van der Waals surface area (Å²) in [5.41, 5.74) is 2.96. The summed E-state index contributed by atoms with van der Waals surface area (Å²) in [6.45, 7) is 5.35. The van der Waals surface area contributed by atoms with Gasteiger partial charge in [-0.3, -0.25) is 4.79 Å². The highest BCUT2D eigenvalue weighted by Crippen LogP contribution is 2.18. The smallest absolute Gasteiger partial charge is 0.328 e. The van der Waals surface area contributed by atoms with Crippen LogP contribution in [0.3, 0.4) is 0 Å². The standard InChI is InChI=1S/C15H17N3O3/c1-9-4-5-12(10(2)8-9)17-14(19)13-6-7-16-18(13)11(3)15(20)21/h4-8,11H,1-3H3,(H,17,19)(H,20,21). The first-order valence-electron chi connectivity index (χ1n) is 6.55. The third-order valence-corrected chi connectivity index (χ3v) is 3.26. The summed E-state index contributed by atoms with van der Waals surface area (Å²) in [5, 5.41) is 15.7. The fourth-order valence-corrected chi connectivity index (χ4v) is 2.05. The van der Waals surface area contributed by atoms with Gasteiger partial charge < -0.3 is 10.4 Å². The van der Waals surface area contributed by atoms with E-state index in [4.69, 9.17) is 5.11 Å². The maximum atomic E-state index is 12.3. The van der Waals surface area contributed by atoms with Gasteiger partial charge >= 0.3 is 5.97 Å². The van der Waals surface area contributed by atoms with Gasteiger partial charge in [0.15, 0.2) is 0 Å². The largest absolute Gasteiger partial charge is 0.480 e. The molecule has 0 saturated carbocycles. The Morgan fingerprint density at radius 2 is 2.00 bits per heavy atom.